The molecule has 0 saturated carbocycles. The number of amides is 1. The predicted octanol–water partition coefficient (Wildman–Crippen LogP) is 3.39. The molecule has 0 aliphatic heterocycles. The van der Waals surface area contributed by atoms with Gasteiger partial charge in [-0.15, -0.1) is 0 Å². The number of nitrogens with one attached hydrogen (secondary N) is 3. The van der Waals surface area contributed by atoms with E-state index in [1.54, 1.807) is 16.8 Å². The molecule has 0 bridgehead atoms. The summed E-state index contributed by atoms with van der Waals surface area (Å²) < 4.78 is 14.8. The molecule has 3 rings (SSSR count). The first-order valence-electron chi connectivity index (χ1n) is 7.85. The van der Waals surface area contributed by atoms with Gasteiger partial charge in [0.05, 0.1) is 12.1 Å². The van der Waals surface area contributed by atoms with Crippen LogP contribution in [0.25, 0.3) is 10.9 Å². The number of hydrogen-bond donors (Lipinski definition) is 3. The van der Waals surface area contributed by atoms with E-state index in [9.17, 15) is 9.18 Å². The van der Waals surface area contributed by atoms with Crippen LogP contribution < -0.4 is 5.32 Å². The summed E-state index contributed by atoms with van der Waals surface area (Å²) in [7, 11) is 0. The smallest absolute Gasteiger partial charge is 0.274 e. The molecule has 0 aliphatic carbocycles. The molecule has 26 heavy (non-hydrogen) atoms. The van der Waals surface area contributed by atoms with Crippen LogP contribution in [0.15, 0.2) is 60.7 Å². The Bertz CT molecular complexity index is 1000. The Hall–Kier alpha value is -3.61. The molecular weight excluding hydrogens is 333 g/mol. The van der Waals surface area contributed by atoms with Crippen LogP contribution in [0.5, 0.6) is 0 Å². The van der Waals surface area contributed by atoms with Crippen LogP contribution in [-0.2, 0) is 11.3 Å². The Morgan fingerprint density at radius 2 is 1.92 bits per heavy atom. The maximum absolute atomic E-state index is 13.1. The van der Waals surface area contributed by atoms with Gasteiger partial charge >= 0.3 is 0 Å². The number of hydrogen-bond acceptors (Lipinski definition) is 4. The van der Waals surface area contributed by atoms with Crippen LogP contribution >= 0.6 is 0 Å². The minimum absolute atomic E-state index is 0.273. The Balaban J connectivity index is 1.90. The van der Waals surface area contributed by atoms with Gasteiger partial charge in [-0.05, 0) is 42.0 Å². The molecule has 6 nitrogen and oxygen atoms in total. The first-order valence-corrected chi connectivity index (χ1v) is 7.85. The van der Waals surface area contributed by atoms with Crippen molar-refractivity contribution in [1.29, 1.82) is 10.8 Å². The van der Waals surface area contributed by atoms with Crippen molar-refractivity contribution in [2.45, 2.75) is 6.54 Å². The largest absolute Gasteiger partial charge is 0.309 e. The first kappa shape index (κ1) is 17.2. The van der Waals surface area contributed by atoms with Gasteiger partial charge < -0.3 is 10.7 Å². The van der Waals surface area contributed by atoms with Crippen LogP contribution in [0.3, 0.4) is 0 Å². The summed E-state index contributed by atoms with van der Waals surface area (Å²) in [6.07, 6.45) is 3.53. The third-order valence-electron chi connectivity index (χ3n) is 3.74. The number of aromatic nitrogens is 2. The number of rotatable bonds is 6. The maximum atomic E-state index is 13.1. The van der Waals surface area contributed by atoms with Crippen molar-refractivity contribution in [3.63, 3.8) is 0 Å². The lowest BCUT2D eigenvalue weighted by atomic mass is 10.2. The van der Waals surface area contributed by atoms with E-state index < -0.39 is 5.91 Å². The van der Waals surface area contributed by atoms with E-state index in [4.69, 9.17) is 10.8 Å². The van der Waals surface area contributed by atoms with Crippen molar-refractivity contribution >= 4 is 34.6 Å². The highest BCUT2D eigenvalue weighted by molar-refractivity contribution is 6.46. The molecule has 3 N–H and O–H groups in total. The summed E-state index contributed by atoms with van der Waals surface area (Å²) in [5.41, 5.74) is 1.42. The quantitative estimate of drug-likeness (QED) is 0.595. The van der Waals surface area contributed by atoms with Crippen molar-refractivity contribution < 1.29 is 9.18 Å². The molecule has 7 heteroatoms. The fourth-order valence-corrected chi connectivity index (χ4v) is 2.50. The SMILES string of the molecule is N=C/C=C\C(=N)C(=O)Nc1nn(Cc2ccc(F)cc2)c2ccccc12. The highest BCUT2D eigenvalue weighted by Crippen LogP contribution is 2.23. The molecule has 130 valence electrons. The fourth-order valence-electron chi connectivity index (χ4n) is 2.50. The predicted molar refractivity (Wildman–Crippen MR) is 99.5 cm³/mol. The molecule has 0 atom stereocenters. The number of carbonyl (C=O) groups is 1. The lowest BCUT2D eigenvalue weighted by molar-refractivity contribution is -0.110. The number of halogens is 1. The first-order chi connectivity index (χ1) is 12.6. The molecule has 0 unspecified atom stereocenters. The van der Waals surface area contributed by atoms with Gasteiger partial charge in [-0.3, -0.25) is 14.9 Å². The van der Waals surface area contributed by atoms with Crippen molar-refractivity contribution in [3.8, 4) is 0 Å². The van der Waals surface area contributed by atoms with E-state index in [2.05, 4.69) is 10.4 Å². The summed E-state index contributed by atoms with van der Waals surface area (Å²) in [5, 5.41) is 22.4. The molecule has 0 radical (unpaired) electrons. The van der Waals surface area contributed by atoms with Crippen molar-refractivity contribution in [3.05, 3.63) is 72.1 Å². The number of allylic oxidation sites excluding steroid dienone is 1. The van der Waals surface area contributed by atoms with Gasteiger partial charge in [-0.2, -0.15) is 5.10 Å². The van der Waals surface area contributed by atoms with Crippen molar-refractivity contribution in [2.75, 3.05) is 5.32 Å². The molecule has 1 heterocycles. The summed E-state index contributed by atoms with van der Waals surface area (Å²) >= 11 is 0. The van der Waals surface area contributed by atoms with Gasteiger partial charge in [-0.1, -0.05) is 24.3 Å². The van der Waals surface area contributed by atoms with Crippen LogP contribution in [0.4, 0.5) is 10.2 Å². The van der Waals surface area contributed by atoms with E-state index >= 15 is 0 Å². The maximum Gasteiger partial charge on any atom is 0.274 e. The standard InChI is InChI=1S/C19H16FN5O/c20-14-9-7-13(8-10-14)12-25-17-6-2-1-4-15(17)18(24-25)23-19(26)16(22)5-3-11-21/h1-11,21-22H,12H2,(H,23,24,26)/b5-3-,21-11?,22-16?. The number of anilines is 1. The Labute approximate surface area is 149 Å². The van der Waals surface area contributed by atoms with E-state index in [1.807, 2.05) is 24.3 Å². The highest BCUT2D eigenvalue weighted by atomic mass is 19.1. The number of fused-ring (bicyclic) bond motifs is 1. The minimum atomic E-state index is -0.611. The second-order valence-electron chi connectivity index (χ2n) is 5.54. The molecule has 2 aromatic carbocycles. The van der Waals surface area contributed by atoms with E-state index in [-0.39, 0.29) is 11.5 Å². The van der Waals surface area contributed by atoms with Gasteiger partial charge in [0.15, 0.2) is 5.82 Å². The molecular formula is C19H16FN5O. The summed E-state index contributed by atoms with van der Waals surface area (Å²) in [4.78, 5) is 12.1. The van der Waals surface area contributed by atoms with Gasteiger partial charge in [0, 0.05) is 11.6 Å². The molecule has 0 aliphatic rings. The van der Waals surface area contributed by atoms with Gasteiger partial charge in [0.2, 0.25) is 0 Å². The molecule has 0 fully saturated rings. The summed E-state index contributed by atoms with van der Waals surface area (Å²) in [5.74, 6) is -0.565. The zero-order valence-corrected chi connectivity index (χ0v) is 13.7. The second-order valence-corrected chi connectivity index (χ2v) is 5.54. The van der Waals surface area contributed by atoms with Crippen molar-refractivity contribution in [2.24, 2.45) is 0 Å². The molecule has 0 saturated heterocycles. The average Bonchev–Trinajstić information content (AvgIpc) is 2.99. The fraction of sp³-hybridized carbons (Fsp3) is 0.0526. The molecule has 1 amide bonds. The zero-order valence-electron chi connectivity index (χ0n) is 13.7. The van der Waals surface area contributed by atoms with Crippen LogP contribution in [0.2, 0.25) is 0 Å². The van der Waals surface area contributed by atoms with Crippen LogP contribution in [-0.4, -0.2) is 27.6 Å². The van der Waals surface area contributed by atoms with Gasteiger partial charge in [0.25, 0.3) is 5.91 Å². The summed E-state index contributed by atoms with van der Waals surface area (Å²) in [6.45, 7) is 0.418. The van der Waals surface area contributed by atoms with E-state index in [1.165, 1.54) is 24.3 Å². The minimum Gasteiger partial charge on any atom is -0.309 e. The zero-order chi connectivity index (χ0) is 18.5. The number of carbonyl (C=O) groups excluding carboxylic acids is 1. The lowest BCUT2D eigenvalue weighted by Gasteiger charge is -2.03. The summed E-state index contributed by atoms with van der Waals surface area (Å²) in [6, 6.07) is 13.6. The third kappa shape index (κ3) is 3.72. The second kappa shape index (κ2) is 7.52. The Morgan fingerprint density at radius 3 is 2.65 bits per heavy atom. The van der Waals surface area contributed by atoms with Crippen molar-refractivity contribution in [1.82, 2.24) is 9.78 Å². The third-order valence-corrected chi connectivity index (χ3v) is 3.74. The van der Waals surface area contributed by atoms with E-state index in [0.717, 1.165) is 22.7 Å². The number of nitrogens with zero attached hydrogens (tertiary/aromatic N) is 2. The normalized spacial score (nSPS) is 11.0. The highest BCUT2D eigenvalue weighted by Gasteiger charge is 2.14. The molecule has 0 spiro atoms. The number of benzene rings is 2. The van der Waals surface area contributed by atoms with Gasteiger partial charge in [-0.25, -0.2) is 4.39 Å². The Kier molecular flexibility index (Phi) is 4.98. The van der Waals surface area contributed by atoms with Gasteiger partial charge in [0.1, 0.15) is 11.5 Å². The lowest BCUT2D eigenvalue weighted by Crippen LogP contribution is -2.20. The van der Waals surface area contributed by atoms with Crippen LogP contribution in [0.1, 0.15) is 5.56 Å². The Morgan fingerprint density at radius 1 is 1.19 bits per heavy atom. The number of para-hydroxylation sites is 1. The van der Waals surface area contributed by atoms with Crippen LogP contribution in [0, 0.1) is 16.6 Å². The topological polar surface area (TPSA) is 94.6 Å². The van der Waals surface area contributed by atoms with E-state index in [0.29, 0.717) is 12.4 Å². The molecule has 1 aromatic heterocycles. The monoisotopic (exact) mass is 349 g/mol. The average molecular weight is 349 g/mol. The molecule has 3 aromatic rings.